The van der Waals surface area contributed by atoms with Crippen LogP contribution < -0.4 is 5.73 Å². The van der Waals surface area contributed by atoms with Gasteiger partial charge >= 0.3 is 5.97 Å². The Balaban J connectivity index is 1.79. The van der Waals surface area contributed by atoms with Crippen molar-refractivity contribution in [1.29, 1.82) is 0 Å². The molecule has 2 N–H and O–H groups in total. The van der Waals surface area contributed by atoms with Crippen molar-refractivity contribution in [3.63, 3.8) is 0 Å². The molecule has 3 rings (SSSR count). The summed E-state index contributed by atoms with van der Waals surface area (Å²) in [5.41, 5.74) is 7.62. The van der Waals surface area contributed by atoms with Gasteiger partial charge in [0.15, 0.2) is 6.61 Å². The average Bonchev–Trinajstić information content (AvgIpc) is 2.95. The van der Waals surface area contributed by atoms with Crippen LogP contribution in [-0.2, 0) is 18.2 Å². The first-order valence-electron chi connectivity index (χ1n) is 8.38. The van der Waals surface area contributed by atoms with Crippen LogP contribution in [-0.4, -0.2) is 28.1 Å². The van der Waals surface area contributed by atoms with Gasteiger partial charge in [0.05, 0.1) is 10.7 Å². The molecule has 0 spiro atoms. The number of aromatic nitrogens is 2. The predicted octanol–water partition coefficient (Wildman–Crippen LogP) is 3.94. The van der Waals surface area contributed by atoms with E-state index in [1.165, 1.54) is 4.68 Å². The summed E-state index contributed by atoms with van der Waals surface area (Å²) in [5, 5.41) is 5.14. The lowest BCUT2D eigenvalue weighted by atomic mass is 10.1. The zero-order valence-electron chi connectivity index (χ0n) is 15.0. The fraction of sp³-hybridized carbons (Fsp3) is 0.150. The SMILES string of the molecule is Cn1nc(Cc2ccccc2Cl)c(C(=O)OCC(=O)c2ccccc2Cl)c1N. The monoisotopic (exact) mass is 417 g/mol. The van der Waals surface area contributed by atoms with Crippen molar-refractivity contribution < 1.29 is 14.3 Å². The summed E-state index contributed by atoms with van der Waals surface area (Å²) < 4.78 is 6.58. The number of ether oxygens (including phenoxy) is 1. The minimum absolute atomic E-state index is 0.120. The molecule has 28 heavy (non-hydrogen) atoms. The maximum Gasteiger partial charge on any atom is 0.344 e. The topological polar surface area (TPSA) is 87.2 Å². The van der Waals surface area contributed by atoms with E-state index >= 15 is 0 Å². The van der Waals surface area contributed by atoms with E-state index in [-0.39, 0.29) is 16.9 Å². The maximum absolute atomic E-state index is 12.6. The van der Waals surface area contributed by atoms with Crippen LogP contribution in [0.3, 0.4) is 0 Å². The predicted molar refractivity (Wildman–Crippen MR) is 108 cm³/mol. The molecule has 6 nitrogen and oxygen atoms in total. The van der Waals surface area contributed by atoms with E-state index in [1.54, 1.807) is 37.4 Å². The molecular formula is C20H17Cl2N3O3. The van der Waals surface area contributed by atoms with Crippen molar-refractivity contribution in [2.24, 2.45) is 7.05 Å². The third kappa shape index (κ3) is 4.18. The van der Waals surface area contributed by atoms with E-state index in [0.717, 1.165) is 5.56 Å². The van der Waals surface area contributed by atoms with E-state index in [2.05, 4.69) is 5.10 Å². The van der Waals surface area contributed by atoms with Crippen LogP contribution in [0.2, 0.25) is 10.0 Å². The van der Waals surface area contributed by atoms with Gasteiger partial charge in [-0.1, -0.05) is 53.5 Å². The molecule has 0 saturated carbocycles. The number of carbonyl (C=O) groups is 2. The van der Waals surface area contributed by atoms with Gasteiger partial charge in [-0.2, -0.15) is 5.10 Å². The molecule has 8 heteroatoms. The first-order chi connectivity index (χ1) is 13.4. The number of nitrogen functional groups attached to an aromatic ring is 1. The highest BCUT2D eigenvalue weighted by atomic mass is 35.5. The van der Waals surface area contributed by atoms with Gasteiger partial charge in [-0.15, -0.1) is 0 Å². The minimum atomic E-state index is -0.729. The lowest BCUT2D eigenvalue weighted by molar-refractivity contribution is 0.0475. The van der Waals surface area contributed by atoms with E-state index in [9.17, 15) is 9.59 Å². The molecule has 1 heterocycles. The second-order valence-electron chi connectivity index (χ2n) is 6.08. The van der Waals surface area contributed by atoms with E-state index < -0.39 is 18.4 Å². The average molecular weight is 418 g/mol. The van der Waals surface area contributed by atoms with Crippen LogP contribution in [0.1, 0.15) is 32.0 Å². The van der Waals surface area contributed by atoms with Gasteiger partial charge in [0.1, 0.15) is 11.4 Å². The summed E-state index contributed by atoms with van der Waals surface area (Å²) in [6, 6.07) is 13.8. The molecular weight excluding hydrogens is 401 g/mol. The molecule has 0 atom stereocenters. The van der Waals surface area contributed by atoms with Crippen LogP contribution in [0.4, 0.5) is 5.82 Å². The number of nitrogens with zero attached hydrogens (tertiary/aromatic N) is 2. The highest BCUT2D eigenvalue weighted by Gasteiger charge is 2.24. The molecule has 3 aromatic rings. The Hall–Kier alpha value is -2.83. The molecule has 0 aliphatic heterocycles. The second-order valence-corrected chi connectivity index (χ2v) is 6.89. The summed E-state index contributed by atoms with van der Waals surface area (Å²) in [5.74, 6) is -0.987. The van der Waals surface area contributed by atoms with Crippen molar-refractivity contribution >= 4 is 40.8 Å². The van der Waals surface area contributed by atoms with E-state index in [1.807, 2.05) is 18.2 Å². The zero-order valence-corrected chi connectivity index (χ0v) is 16.5. The molecule has 0 saturated heterocycles. The molecule has 0 fully saturated rings. The largest absolute Gasteiger partial charge is 0.454 e. The quantitative estimate of drug-likeness (QED) is 0.484. The Morgan fingerprint density at radius 1 is 1.07 bits per heavy atom. The number of halogens is 2. The summed E-state index contributed by atoms with van der Waals surface area (Å²) in [6.45, 7) is -0.456. The Morgan fingerprint density at radius 2 is 1.71 bits per heavy atom. The summed E-state index contributed by atoms with van der Waals surface area (Å²) in [6.07, 6.45) is 0.299. The molecule has 0 radical (unpaired) electrons. The van der Waals surface area contributed by atoms with E-state index in [4.69, 9.17) is 33.7 Å². The molecule has 2 aromatic carbocycles. The number of benzene rings is 2. The highest BCUT2D eigenvalue weighted by Crippen LogP contribution is 2.24. The summed E-state index contributed by atoms with van der Waals surface area (Å²) in [4.78, 5) is 24.9. The number of hydrogen-bond acceptors (Lipinski definition) is 5. The highest BCUT2D eigenvalue weighted by molar-refractivity contribution is 6.34. The number of carbonyl (C=O) groups excluding carboxylic acids is 2. The molecule has 0 aliphatic carbocycles. The Labute approximate surface area is 171 Å². The fourth-order valence-electron chi connectivity index (χ4n) is 2.73. The number of hydrogen-bond donors (Lipinski definition) is 1. The molecule has 0 aliphatic rings. The van der Waals surface area contributed by atoms with Crippen LogP contribution >= 0.6 is 23.2 Å². The lowest BCUT2D eigenvalue weighted by Crippen LogP contribution is -2.16. The fourth-order valence-corrected chi connectivity index (χ4v) is 3.17. The second kappa shape index (κ2) is 8.46. The minimum Gasteiger partial charge on any atom is -0.454 e. The Kier molecular flexibility index (Phi) is 6.02. The summed E-state index contributed by atoms with van der Waals surface area (Å²) >= 11 is 12.2. The van der Waals surface area contributed by atoms with Gasteiger partial charge in [-0.3, -0.25) is 9.48 Å². The molecule has 0 unspecified atom stereocenters. The van der Waals surface area contributed by atoms with Crippen molar-refractivity contribution in [3.05, 3.63) is 81.0 Å². The number of Topliss-reactive ketones (excluding diaryl/α,β-unsaturated/α-hetero) is 1. The third-order valence-electron chi connectivity index (χ3n) is 4.19. The number of esters is 1. The van der Waals surface area contributed by atoms with Crippen molar-refractivity contribution in [2.45, 2.75) is 6.42 Å². The van der Waals surface area contributed by atoms with Crippen molar-refractivity contribution in [1.82, 2.24) is 9.78 Å². The van der Waals surface area contributed by atoms with Crippen molar-refractivity contribution in [3.8, 4) is 0 Å². The zero-order chi connectivity index (χ0) is 20.3. The van der Waals surface area contributed by atoms with Gasteiger partial charge in [-0.05, 0) is 23.8 Å². The Bertz CT molecular complexity index is 1050. The van der Waals surface area contributed by atoms with Crippen molar-refractivity contribution in [2.75, 3.05) is 12.3 Å². The van der Waals surface area contributed by atoms with Gasteiger partial charge in [0.2, 0.25) is 5.78 Å². The Morgan fingerprint density at radius 3 is 2.39 bits per heavy atom. The smallest absolute Gasteiger partial charge is 0.344 e. The number of ketones is 1. The number of nitrogens with two attached hydrogens (primary N) is 1. The first kappa shape index (κ1) is 19.9. The van der Waals surface area contributed by atoms with Gasteiger partial charge in [0.25, 0.3) is 0 Å². The number of rotatable bonds is 6. The third-order valence-corrected chi connectivity index (χ3v) is 4.89. The number of anilines is 1. The molecule has 1 aromatic heterocycles. The normalized spacial score (nSPS) is 10.7. The number of aryl methyl sites for hydroxylation is 1. The van der Waals surface area contributed by atoms with Crippen LogP contribution in [0.5, 0.6) is 0 Å². The van der Waals surface area contributed by atoms with Gasteiger partial charge < -0.3 is 10.5 Å². The molecule has 0 bridgehead atoms. The van der Waals surface area contributed by atoms with E-state index in [0.29, 0.717) is 22.2 Å². The van der Waals surface area contributed by atoms with Gasteiger partial charge in [-0.25, -0.2) is 4.79 Å². The lowest BCUT2D eigenvalue weighted by Gasteiger charge is -2.07. The summed E-state index contributed by atoms with van der Waals surface area (Å²) in [7, 11) is 1.62. The van der Waals surface area contributed by atoms with Gasteiger partial charge in [0, 0.05) is 24.1 Å². The molecule has 144 valence electrons. The maximum atomic E-state index is 12.6. The standard InChI is InChI=1S/C20H17Cl2N3O3/c1-25-19(23)18(16(24-25)10-12-6-2-4-8-14(12)21)20(27)28-11-17(26)13-7-3-5-9-15(13)22/h2-9H,10-11,23H2,1H3. The first-order valence-corrected chi connectivity index (χ1v) is 9.13. The van der Waals surface area contributed by atoms with Crippen LogP contribution in [0.25, 0.3) is 0 Å². The van der Waals surface area contributed by atoms with Crippen LogP contribution in [0.15, 0.2) is 48.5 Å². The van der Waals surface area contributed by atoms with Crippen LogP contribution in [0, 0.1) is 0 Å². The molecule has 0 amide bonds.